The van der Waals surface area contributed by atoms with E-state index in [9.17, 15) is 14.7 Å². The summed E-state index contributed by atoms with van der Waals surface area (Å²) >= 11 is 5.90. The van der Waals surface area contributed by atoms with Gasteiger partial charge >= 0.3 is 0 Å². The summed E-state index contributed by atoms with van der Waals surface area (Å²) in [6.07, 6.45) is 3.09. The number of amides is 1. The lowest BCUT2D eigenvalue weighted by molar-refractivity contribution is -0.141. The summed E-state index contributed by atoms with van der Waals surface area (Å²) in [5, 5.41) is 11.3. The minimum absolute atomic E-state index is 0.00951. The van der Waals surface area contributed by atoms with E-state index in [4.69, 9.17) is 20.8 Å². The van der Waals surface area contributed by atoms with E-state index in [1.807, 2.05) is 0 Å². The molecule has 1 N–H and O–H groups in total. The van der Waals surface area contributed by atoms with Crippen LogP contribution in [0.4, 0.5) is 0 Å². The van der Waals surface area contributed by atoms with Crippen molar-refractivity contribution in [3.8, 4) is 0 Å². The quantitative estimate of drug-likeness (QED) is 0.493. The molecule has 6 nitrogen and oxygen atoms in total. The summed E-state index contributed by atoms with van der Waals surface area (Å²) in [4.78, 5) is 26.9. The molecule has 0 saturated carbocycles. The molecule has 2 aliphatic heterocycles. The van der Waals surface area contributed by atoms with Crippen molar-refractivity contribution in [2.45, 2.75) is 25.0 Å². The van der Waals surface area contributed by atoms with Gasteiger partial charge in [-0.2, -0.15) is 0 Å². The lowest BCUT2D eigenvalue weighted by atomic mass is 9.99. The molecular formula is C20H18ClNO5. The number of ether oxygens (including phenoxy) is 1. The SMILES string of the molecule is O=C1C(=O)N(C[C@@H]2CCCO2)[C@@H](c2ccco2)C1=C(O)c1ccc(Cl)cc1. The Morgan fingerprint density at radius 2 is 2.00 bits per heavy atom. The summed E-state index contributed by atoms with van der Waals surface area (Å²) < 4.78 is 11.1. The average Bonchev–Trinajstić information content (AvgIpc) is 3.40. The molecule has 1 aromatic carbocycles. The van der Waals surface area contributed by atoms with Crippen LogP contribution in [0.25, 0.3) is 5.76 Å². The Hall–Kier alpha value is -2.57. The first-order chi connectivity index (χ1) is 13.1. The van der Waals surface area contributed by atoms with Crippen molar-refractivity contribution in [3.05, 3.63) is 64.6 Å². The molecule has 2 saturated heterocycles. The lowest BCUT2D eigenvalue weighted by Gasteiger charge is -2.25. The minimum Gasteiger partial charge on any atom is -0.507 e. The Morgan fingerprint density at radius 1 is 1.22 bits per heavy atom. The van der Waals surface area contributed by atoms with E-state index in [1.54, 1.807) is 36.4 Å². The molecule has 2 fully saturated rings. The Morgan fingerprint density at radius 3 is 2.63 bits per heavy atom. The number of hydrogen-bond donors (Lipinski definition) is 1. The van der Waals surface area contributed by atoms with E-state index in [2.05, 4.69) is 0 Å². The summed E-state index contributed by atoms with van der Waals surface area (Å²) in [7, 11) is 0. The van der Waals surface area contributed by atoms with Gasteiger partial charge in [0.1, 0.15) is 17.6 Å². The number of carbonyl (C=O) groups is 2. The number of ketones is 1. The Kier molecular flexibility index (Phi) is 4.76. The number of nitrogens with zero attached hydrogens (tertiary/aromatic N) is 1. The van der Waals surface area contributed by atoms with E-state index in [-0.39, 0.29) is 24.0 Å². The monoisotopic (exact) mass is 387 g/mol. The number of Topliss-reactive ketones (excluding diaryl/α,β-unsaturated/α-hetero) is 1. The van der Waals surface area contributed by atoms with Crippen molar-refractivity contribution < 1.29 is 23.8 Å². The van der Waals surface area contributed by atoms with Crippen LogP contribution < -0.4 is 0 Å². The number of halogens is 1. The molecule has 0 aliphatic carbocycles. The number of aliphatic hydroxyl groups excluding tert-OH is 1. The smallest absolute Gasteiger partial charge is 0.295 e. The van der Waals surface area contributed by atoms with Gasteiger partial charge in [-0.3, -0.25) is 9.59 Å². The van der Waals surface area contributed by atoms with Crippen LogP contribution in [-0.2, 0) is 14.3 Å². The number of furan rings is 1. The molecule has 1 aromatic heterocycles. The van der Waals surface area contributed by atoms with Gasteiger partial charge in [0.25, 0.3) is 11.7 Å². The molecule has 7 heteroatoms. The Bertz CT molecular complexity index is 882. The van der Waals surface area contributed by atoms with Crippen molar-refractivity contribution in [1.82, 2.24) is 4.90 Å². The van der Waals surface area contributed by atoms with Crippen molar-refractivity contribution in [2.75, 3.05) is 13.2 Å². The van der Waals surface area contributed by atoms with Gasteiger partial charge in [0.2, 0.25) is 0 Å². The zero-order chi connectivity index (χ0) is 19.0. The normalized spacial score (nSPS) is 24.7. The van der Waals surface area contributed by atoms with E-state index in [0.717, 1.165) is 12.8 Å². The molecule has 0 unspecified atom stereocenters. The zero-order valence-electron chi connectivity index (χ0n) is 14.4. The molecule has 0 radical (unpaired) electrons. The van der Waals surface area contributed by atoms with Crippen LogP contribution in [-0.4, -0.2) is 41.0 Å². The fourth-order valence-corrected chi connectivity index (χ4v) is 3.71. The maximum absolute atomic E-state index is 12.8. The number of likely N-dealkylation sites (tertiary alicyclic amines) is 1. The third-order valence-electron chi connectivity index (χ3n) is 4.89. The Balaban J connectivity index is 1.78. The first-order valence-electron chi connectivity index (χ1n) is 8.75. The van der Waals surface area contributed by atoms with Crippen molar-refractivity contribution >= 4 is 29.1 Å². The molecule has 2 atom stereocenters. The lowest BCUT2D eigenvalue weighted by Crippen LogP contribution is -2.36. The standard InChI is InChI=1S/C20H18ClNO5/c21-13-7-5-12(6-8-13)18(23)16-17(15-4-2-10-27-15)22(20(25)19(16)24)11-14-3-1-9-26-14/h2,4-8,10,14,17,23H,1,3,9,11H2/t14-,17-/m0/s1. The van der Waals surface area contributed by atoms with Gasteiger partial charge in [-0.15, -0.1) is 0 Å². The summed E-state index contributed by atoms with van der Waals surface area (Å²) in [6.45, 7) is 0.915. The van der Waals surface area contributed by atoms with Crippen molar-refractivity contribution in [3.63, 3.8) is 0 Å². The van der Waals surface area contributed by atoms with Crippen LogP contribution in [0.3, 0.4) is 0 Å². The second-order valence-corrected chi connectivity index (χ2v) is 7.05. The van der Waals surface area contributed by atoms with Crippen LogP contribution in [0.2, 0.25) is 5.02 Å². The second-order valence-electron chi connectivity index (χ2n) is 6.61. The van der Waals surface area contributed by atoms with Gasteiger partial charge in [0.05, 0.1) is 17.9 Å². The van der Waals surface area contributed by atoms with Crippen LogP contribution in [0.5, 0.6) is 0 Å². The predicted octanol–water partition coefficient (Wildman–Crippen LogP) is 3.53. The summed E-state index contributed by atoms with van der Waals surface area (Å²) in [6, 6.07) is 9.01. The van der Waals surface area contributed by atoms with Crippen LogP contribution in [0.1, 0.15) is 30.2 Å². The van der Waals surface area contributed by atoms with Crippen molar-refractivity contribution in [2.24, 2.45) is 0 Å². The number of aliphatic hydroxyl groups is 1. The molecule has 140 valence electrons. The van der Waals surface area contributed by atoms with Gasteiger partial charge in [0, 0.05) is 23.7 Å². The molecule has 2 aromatic rings. The summed E-state index contributed by atoms with van der Waals surface area (Å²) in [5.74, 6) is -1.23. The van der Waals surface area contributed by atoms with E-state index in [1.165, 1.54) is 11.2 Å². The maximum atomic E-state index is 12.8. The van der Waals surface area contributed by atoms with Gasteiger partial charge in [-0.1, -0.05) is 11.6 Å². The average molecular weight is 388 g/mol. The number of benzene rings is 1. The largest absolute Gasteiger partial charge is 0.507 e. The topological polar surface area (TPSA) is 80.0 Å². The molecule has 3 heterocycles. The van der Waals surface area contributed by atoms with E-state index < -0.39 is 17.7 Å². The highest BCUT2D eigenvalue weighted by Gasteiger charge is 2.48. The fraction of sp³-hybridized carbons (Fsp3) is 0.300. The first kappa shape index (κ1) is 17.8. The highest BCUT2D eigenvalue weighted by molar-refractivity contribution is 6.46. The zero-order valence-corrected chi connectivity index (χ0v) is 15.2. The number of carbonyl (C=O) groups excluding carboxylic acids is 2. The third-order valence-corrected chi connectivity index (χ3v) is 5.15. The summed E-state index contributed by atoms with van der Waals surface area (Å²) in [5.41, 5.74) is 0.418. The van der Waals surface area contributed by atoms with E-state index >= 15 is 0 Å². The molecule has 0 spiro atoms. The fourth-order valence-electron chi connectivity index (χ4n) is 3.58. The minimum atomic E-state index is -0.792. The van der Waals surface area contributed by atoms with Gasteiger partial charge < -0.3 is 19.2 Å². The molecule has 4 rings (SSSR count). The number of hydrogen-bond acceptors (Lipinski definition) is 5. The molecule has 0 bridgehead atoms. The highest BCUT2D eigenvalue weighted by Crippen LogP contribution is 2.40. The molecule has 1 amide bonds. The van der Waals surface area contributed by atoms with Crippen LogP contribution in [0, 0.1) is 0 Å². The van der Waals surface area contributed by atoms with Crippen molar-refractivity contribution in [1.29, 1.82) is 0 Å². The second kappa shape index (κ2) is 7.21. The molecule has 27 heavy (non-hydrogen) atoms. The predicted molar refractivity (Wildman–Crippen MR) is 98.1 cm³/mol. The van der Waals surface area contributed by atoms with E-state index in [0.29, 0.717) is 23.0 Å². The Labute approximate surface area is 161 Å². The van der Waals surface area contributed by atoms with Gasteiger partial charge in [-0.25, -0.2) is 0 Å². The molecule has 2 aliphatic rings. The van der Waals surface area contributed by atoms with Gasteiger partial charge in [0.15, 0.2) is 0 Å². The molecular weight excluding hydrogens is 370 g/mol. The third kappa shape index (κ3) is 3.26. The van der Waals surface area contributed by atoms with Crippen LogP contribution >= 0.6 is 11.6 Å². The first-order valence-corrected chi connectivity index (χ1v) is 9.13. The maximum Gasteiger partial charge on any atom is 0.295 e. The van der Waals surface area contributed by atoms with Gasteiger partial charge in [-0.05, 0) is 49.2 Å². The van der Waals surface area contributed by atoms with Crippen LogP contribution in [0.15, 0.2) is 52.7 Å². The highest BCUT2D eigenvalue weighted by atomic mass is 35.5. The number of rotatable bonds is 4.